The summed E-state index contributed by atoms with van der Waals surface area (Å²) in [6.45, 7) is 0. The lowest BCUT2D eigenvalue weighted by molar-refractivity contribution is 0.0690. The molecule has 11 heteroatoms. The number of hydrogen-bond acceptors (Lipinski definition) is 6. The van der Waals surface area contributed by atoms with Crippen LogP contribution >= 0.6 is 15.9 Å². The zero-order valence-electron chi connectivity index (χ0n) is 10.4. The maximum absolute atomic E-state index is 13.9. The molecule has 0 aliphatic carbocycles. The molecule has 3 N–H and O–H groups in total. The van der Waals surface area contributed by atoms with Crippen molar-refractivity contribution in [2.75, 3.05) is 5.32 Å². The largest absolute Gasteiger partial charge is 0.478 e. The van der Waals surface area contributed by atoms with Crippen molar-refractivity contribution in [2.24, 2.45) is 0 Å². The van der Waals surface area contributed by atoms with Gasteiger partial charge in [0.1, 0.15) is 11.6 Å². The molecule has 2 rings (SSSR count). The first kappa shape index (κ1) is 15.5. The Bertz CT molecular complexity index is 800. The Morgan fingerprint density at radius 1 is 1.50 bits per heavy atom. The smallest absolute Gasteiger partial charge is 0.338 e. The molecule has 0 unspecified atom stereocenters. The van der Waals surface area contributed by atoms with Gasteiger partial charge in [-0.2, -0.15) is 10.5 Å². The predicted molar refractivity (Wildman–Crippen MR) is 72.4 cm³/mol. The molecule has 0 spiro atoms. The summed E-state index contributed by atoms with van der Waals surface area (Å²) in [6, 6.07) is 2.65. The summed E-state index contributed by atoms with van der Waals surface area (Å²) in [6.07, 6.45) is 1.04. The molecular weight excluding hydrogens is 366 g/mol. The lowest BCUT2D eigenvalue weighted by Gasteiger charge is -2.09. The highest BCUT2D eigenvalue weighted by Crippen LogP contribution is 2.30. The van der Waals surface area contributed by atoms with Crippen molar-refractivity contribution in [2.45, 2.75) is 0 Å². The number of aromatic amines is 1. The van der Waals surface area contributed by atoms with E-state index in [0.717, 1.165) is 12.3 Å². The summed E-state index contributed by atoms with van der Waals surface area (Å²) in [7, 11) is 0. The van der Waals surface area contributed by atoms with E-state index >= 15 is 0 Å². The van der Waals surface area contributed by atoms with Gasteiger partial charge >= 0.3 is 5.97 Å². The number of aromatic carboxylic acids is 1. The number of carboxylic acid groups (broad SMARTS) is 1. The number of tetrazole rings is 1. The van der Waals surface area contributed by atoms with Crippen molar-refractivity contribution < 1.29 is 18.7 Å². The molecule has 0 aliphatic heterocycles. The number of hydrogen-bond donors (Lipinski definition) is 3. The van der Waals surface area contributed by atoms with Crippen LogP contribution in [0.4, 0.5) is 14.5 Å². The summed E-state index contributed by atoms with van der Waals surface area (Å²) >= 11 is 2.93. The van der Waals surface area contributed by atoms with E-state index in [1.165, 1.54) is 0 Å². The van der Waals surface area contributed by atoms with Crippen molar-refractivity contribution >= 4 is 33.2 Å². The fraction of sp³-hybridized carbons (Fsp3) is 0. The Hall–Kier alpha value is -2.87. The van der Waals surface area contributed by atoms with Crippen molar-refractivity contribution in [1.82, 2.24) is 20.6 Å². The molecule has 0 bridgehead atoms. The second-order valence-electron chi connectivity index (χ2n) is 3.76. The lowest BCUT2D eigenvalue weighted by Crippen LogP contribution is -2.06. The number of rotatable bonds is 4. The van der Waals surface area contributed by atoms with Crippen molar-refractivity contribution in [3.05, 3.63) is 39.8 Å². The molecular formula is C11H5BrF2N6O2. The van der Waals surface area contributed by atoms with E-state index in [1.807, 2.05) is 0 Å². The first-order valence-corrected chi connectivity index (χ1v) is 6.26. The quantitative estimate of drug-likeness (QED) is 0.553. The van der Waals surface area contributed by atoms with E-state index < -0.39 is 23.2 Å². The Balaban J connectivity index is 2.41. The minimum atomic E-state index is -1.61. The van der Waals surface area contributed by atoms with Gasteiger partial charge in [0.2, 0.25) is 5.82 Å². The van der Waals surface area contributed by atoms with Crippen molar-refractivity contribution in [3.63, 3.8) is 0 Å². The number of benzene rings is 1. The maximum Gasteiger partial charge on any atom is 0.338 e. The fourth-order valence-corrected chi connectivity index (χ4v) is 1.97. The third-order valence-electron chi connectivity index (χ3n) is 2.46. The number of anilines is 1. The molecule has 0 aliphatic rings. The fourth-order valence-electron chi connectivity index (χ4n) is 1.45. The summed E-state index contributed by atoms with van der Waals surface area (Å²) < 4.78 is 27.5. The molecule has 112 valence electrons. The topological polar surface area (TPSA) is 128 Å². The van der Waals surface area contributed by atoms with Gasteiger partial charge in [-0.05, 0) is 27.2 Å². The highest BCUT2D eigenvalue weighted by atomic mass is 79.9. The third-order valence-corrected chi connectivity index (χ3v) is 3.08. The summed E-state index contributed by atoms with van der Waals surface area (Å²) in [5.41, 5.74) is -1.29. The number of nitriles is 1. The lowest BCUT2D eigenvalue weighted by atomic mass is 10.2. The average molecular weight is 371 g/mol. The van der Waals surface area contributed by atoms with Crippen LogP contribution in [-0.4, -0.2) is 31.7 Å². The van der Waals surface area contributed by atoms with Crippen molar-refractivity contribution in [3.8, 4) is 6.07 Å². The first-order chi connectivity index (χ1) is 10.5. The highest BCUT2D eigenvalue weighted by molar-refractivity contribution is 9.10. The van der Waals surface area contributed by atoms with Gasteiger partial charge in [0.15, 0.2) is 11.6 Å². The van der Waals surface area contributed by atoms with Gasteiger partial charge in [0, 0.05) is 10.7 Å². The number of nitrogens with one attached hydrogen (secondary N) is 2. The van der Waals surface area contributed by atoms with E-state index in [1.54, 1.807) is 6.07 Å². The van der Waals surface area contributed by atoms with Crippen LogP contribution in [0.2, 0.25) is 0 Å². The van der Waals surface area contributed by atoms with E-state index in [4.69, 9.17) is 10.4 Å². The molecule has 0 amide bonds. The molecule has 0 saturated carbocycles. The van der Waals surface area contributed by atoms with Gasteiger partial charge in [-0.3, -0.25) is 0 Å². The van der Waals surface area contributed by atoms with Gasteiger partial charge in [-0.15, -0.1) is 10.2 Å². The van der Waals surface area contributed by atoms with Crippen LogP contribution < -0.4 is 5.32 Å². The van der Waals surface area contributed by atoms with Gasteiger partial charge in [-0.1, -0.05) is 0 Å². The van der Waals surface area contributed by atoms with Crippen LogP contribution in [-0.2, 0) is 0 Å². The van der Waals surface area contributed by atoms with E-state index in [-0.39, 0.29) is 21.6 Å². The molecule has 0 atom stereocenters. The SMILES string of the molecule is N#CC(=CNc1c(Br)cc(C(=O)O)c(F)c1F)c1nn[nH]n1. The Kier molecular flexibility index (Phi) is 4.42. The van der Waals surface area contributed by atoms with Gasteiger partial charge in [-0.25, -0.2) is 13.6 Å². The standard InChI is InChI=1S/C11H5BrF2N6O2/c12-6-1-5(11(21)22)7(13)8(14)9(6)16-3-4(2-15)10-17-19-20-18-10/h1,3,16H,(H,21,22)(H,17,18,19,20). The second kappa shape index (κ2) is 6.27. The van der Waals surface area contributed by atoms with E-state index in [2.05, 4.69) is 41.9 Å². The first-order valence-electron chi connectivity index (χ1n) is 5.47. The van der Waals surface area contributed by atoms with Crippen molar-refractivity contribution in [1.29, 1.82) is 5.26 Å². The highest BCUT2D eigenvalue weighted by Gasteiger charge is 2.21. The second-order valence-corrected chi connectivity index (χ2v) is 4.62. The molecule has 22 heavy (non-hydrogen) atoms. The van der Waals surface area contributed by atoms with Crippen LogP contribution in [0.15, 0.2) is 16.7 Å². The normalized spacial score (nSPS) is 11.1. The summed E-state index contributed by atoms with van der Waals surface area (Å²) in [5, 5.41) is 32.6. The van der Waals surface area contributed by atoms with Gasteiger partial charge in [0.05, 0.1) is 11.3 Å². The number of H-pyrrole nitrogens is 1. The molecule has 0 saturated heterocycles. The number of carbonyl (C=O) groups is 1. The zero-order valence-corrected chi connectivity index (χ0v) is 12.0. The molecule has 1 heterocycles. The Morgan fingerprint density at radius 2 is 2.23 bits per heavy atom. The zero-order chi connectivity index (χ0) is 16.3. The molecule has 1 aromatic carbocycles. The molecule has 2 aromatic rings. The van der Waals surface area contributed by atoms with Gasteiger partial charge < -0.3 is 10.4 Å². The van der Waals surface area contributed by atoms with E-state index in [0.29, 0.717) is 0 Å². The molecule has 0 fully saturated rings. The minimum Gasteiger partial charge on any atom is -0.478 e. The van der Waals surface area contributed by atoms with Crippen LogP contribution in [0.1, 0.15) is 16.2 Å². The maximum atomic E-state index is 13.9. The molecule has 8 nitrogen and oxygen atoms in total. The van der Waals surface area contributed by atoms with Crippen LogP contribution in [0.3, 0.4) is 0 Å². The number of allylic oxidation sites excluding steroid dienone is 1. The summed E-state index contributed by atoms with van der Waals surface area (Å²) in [5.74, 6) is -4.59. The number of carboxylic acids is 1. The van der Waals surface area contributed by atoms with Crippen LogP contribution in [0.5, 0.6) is 0 Å². The van der Waals surface area contributed by atoms with Crippen LogP contribution in [0.25, 0.3) is 5.57 Å². The Morgan fingerprint density at radius 3 is 2.77 bits per heavy atom. The van der Waals surface area contributed by atoms with E-state index in [9.17, 15) is 13.6 Å². The predicted octanol–water partition coefficient (Wildman–Crippen LogP) is 1.92. The average Bonchev–Trinajstić information content (AvgIpc) is 3.00. The van der Waals surface area contributed by atoms with Crippen LogP contribution in [0, 0.1) is 23.0 Å². The molecule has 0 radical (unpaired) electrons. The number of halogens is 3. The monoisotopic (exact) mass is 370 g/mol. The number of nitrogens with zero attached hydrogens (tertiary/aromatic N) is 4. The molecule has 1 aromatic heterocycles. The van der Waals surface area contributed by atoms with Gasteiger partial charge in [0.25, 0.3) is 0 Å². The third kappa shape index (κ3) is 2.91. The number of aromatic nitrogens is 4. The Labute approximate surface area is 129 Å². The minimum absolute atomic E-state index is 0.0366. The summed E-state index contributed by atoms with van der Waals surface area (Å²) in [4.78, 5) is 10.8.